The predicted molar refractivity (Wildman–Crippen MR) is 80.3 cm³/mol. The molecule has 0 radical (unpaired) electrons. The van der Waals surface area contributed by atoms with Crippen molar-refractivity contribution in [2.24, 2.45) is 5.92 Å². The summed E-state index contributed by atoms with van der Waals surface area (Å²) in [5.41, 5.74) is 1.72. The number of aromatic nitrogens is 2. The van der Waals surface area contributed by atoms with Gasteiger partial charge in [-0.05, 0) is 37.9 Å². The van der Waals surface area contributed by atoms with Crippen molar-refractivity contribution in [1.82, 2.24) is 14.3 Å². The maximum atomic E-state index is 12.9. The standard InChI is InChI=1S/C16H18F3N3O/c1-11-4-2-7-22-14(23)8-13(20-15(11)22)10-21-6-3-5-12(9-21)16(17,18)19/h2,4,7-8,12H,3,5-6,9-10H2,1H3/t12-/m1/s1. The number of alkyl halides is 3. The molecule has 124 valence electrons. The van der Waals surface area contributed by atoms with Crippen LogP contribution in [0.3, 0.4) is 0 Å². The van der Waals surface area contributed by atoms with Crippen LogP contribution in [0.25, 0.3) is 5.65 Å². The molecule has 23 heavy (non-hydrogen) atoms. The van der Waals surface area contributed by atoms with Gasteiger partial charge in [-0.25, -0.2) is 4.98 Å². The van der Waals surface area contributed by atoms with Gasteiger partial charge < -0.3 is 0 Å². The number of halogens is 3. The number of likely N-dealkylation sites (tertiary alicyclic amines) is 1. The van der Waals surface area contributed by atoms with E-state index < -0.39 is 12.1 Å². The minimum atomic E-state index is -4.16. The highest BCUT2D eigenvalue weighted by Crippen LogP contribution is 2.33. The number of piperidine rings is 1. The van der Waals surface area contributed by atoms with E-state index in [0.29, 0.717) is 24.3 Å². The largest absolute Gasteiger partial charge is 0.393 e. The fourth-order valence-electron chi connectivity index (χ4n) is 3.09. The Morgan fingerprint density at radius 3 is 2.91 bits per heavy atom. The number of rotatable bonds is 2. The third-order valence-electron chi connectivity index (χ3n) is 4.29. The average Bonchev–Trinajstić information content (AvgIpc) is 2.48. The molecule has 0 saturated carbocycles. The number of hydrogen-bond acceptors (Lipinski definition) is 3. The maximum Gasteiger partial charge on any atom is 0.393 e. The lowest BCUT2D eigenvalue weighted by atomic mass is 9.97. The Morgan fingerprint density at radius 2 is 2.17 bits per heavy atom. The van der Waals surface area contributed by atoms with Gasteiger partial charge in [-0.1, -0.05) is 6.07 Å². The average molecular weight is 325 g/mol. The van der Waals surface area contributed by atoms with E-state index in [-0.39, 0.29) is 25.1 Å². The zero-order valence-electron chi connectivity index (χ0n) is 12.8. The Balaban J connectivity index is 1.84. The molecule has 0 amide bonds. The Bertz CT molecular complexity index is 769. The van der Waals surface area contributed by atoms with Crippen LogP contribution in [-0.2, 0) is 6.54 Å². The van der Waals surface area contributed by atoms with Gasteiger partial charge in [0.2, 0.25) is 0 Å². The van der Waals surface area contributed by atoms with Crippen molar-refractivity contribution in [3.63, 3.8) is 0 Å². The molecule has 2 aromatic rings. The maximum absolute atomic E-state index is 12.9. The van der Waals surface area contributed by atoms with Gasteiger partial charge in [0.15, 0.2) is 0 Å². The Morgan fingerprint density at radius 1 is 1.39 bits per heavy atom. The molecule has 1 atom stereocenters. The topological polar surface area (TPSA) is 37.6 Å². The van der Waals surface area contributed by atoms with Crippen LogP contribution >= 0.6 is 0 Å². The van der Waals surface area contributed by atoms with Crippen molar-refractivity contribution in [1.29, 1.82) is 0 Å². The molecule has 1 saturated heterocycles. The highest BCUT2D eigenvalue weighted by atomic mass is 19.4. The van der Waals surface area contributed by atoms with E-state index >= 15 is 0 Å². The number of hydrogen-bond donors (Lipinski definition) is 0. The van der Waals surface area contributed by atoms with Gasteiger partial charge in [-0.2, -0.15) is 13.2 Å². The Hall–Kier alpha value is -1.89. The van der Waals surface area contributed by atoms with Crippen LogP contribution in [0, 0.1) is 12.8 Å². The minimum Gasteiger partial charge on any atom is -0.297 e. The summed E-state index contributed by atoms with van der Waals surface area (Å²) in [5.74, 6) is -1.29. The third-order valence-corrected chi connectivity index (χ3v) is 4.29. The Kier molecular flexibility index (Phi) is 4.14. The molecule has 1 aliphatic rings. The first-order valence-corrected chi connectivity index (χ1v) is 7.61. The second kappa shape index (κ2) is 5.96. The summed E-state index contributed by atoms with van der Waals surface area (Å²) in [7, 11) is 0. The normalized spacial score (nSPS) is 20.1. The summed E-state index contributed by atoms with van der Waals surface area (Å²) >= 11 is 0. The van der Waals surface area contributed by atoms with Crippen molar-refractivity contribution in [2.75, 3.05) is 13.1 Å². The van der Waals surface area contributed by atoms with E-state index in [1.165, 1.54) is 10.5 Å². The molecule has 0 unspecified atom stereocenters. The molecule has 0 N–H and O–H groups in total. The smallest absolute Gasteiger partial charge is 0.297 e. The van der Waals surface area contributed by atoms with Gasteiger partial charge in [0.25, 0.3) is 5.56 Å². The van der Waals surface area contributed by atoms with E-state index in [1.54, 1.807) is 17.2 Å². The Labute approximate surface area is 131 Å². The molecule has 0 aliphatic carbocycles. The second-order valence-electron chi connectivity index (χ2n) is 6.09. The van der Waals surface area contributed by atoms with E-state index in [4.69, 9.17) is 0 Å². The first kappa shape index (κ1) is 16.0. The number of pyridine rings is 1. The molecule has 4 nitrogen and oxygen atoms in total. The zero-order valence-corrected chi connectivity index (χ0v) is 12.8. The van der Waals surface area contributed by atoms with E-state index in [9.17, 15) is 18.0 Å². The first-order chi connectivity index (χ1) is 10.8. The van der Waals surface area contributed by atoms with E-state index in [0.717, 1.165) is 5.56 Å². The summed E-state index contributed by atoms with van der Waals surface area (Å²) in [6.45, 7) is 2.69. The van der Waals surface area contributed by atoms with Crippen molar-refractivity contribution in [3.05, 3.63) is 46.0 Å². The van der Waals surface area contributed by atoms with Gasteiger partial charge in [-0.15, -0.1) is 0 Å². The lowest BCUT2D eigenvalue weighted by Crippen LogP contribution is -2.41. The zero-order chi connectivity index (χ0) is 16.6. The van der Waals surface area contributed by atoms with E-state index in [2.05, 4.69) is 4.98 Å². The van der Waals surface area contributed by atoms with Crippen LogP contribution in [0.1, 0.15) is 24.1 Å². The molecular formula is C16H18F3N3O. The lowest BCUT2D eigenvalue weighted by molar-refractivity contribution is -0.187. The summed E-state index contributed by atoms with van der Waals surface area (Å²) in [4.78, 5) is 18.3. The summed E-state index contributed by atoms with van der Waals surface area (Å²) in [5, 5.41) is 0. The predicted octanol–water partition coefficient (Wildman–Crippen LogP) is 2.78. The molecule has 1 aliphatic heterocycles. The molecule has 2 aromatic heterocycles. The number of nitrogens with zero attached hydrogens (tertiary/aromatic N) is 3. The van der Waals surface area contributed by atoms with Gasteiger partial charge in [-0.3, -0.25) is 14.1 Å². The lowest BCUT2D eigenvalue weighted by Gasteiger charge is -2.33. The molecule has 0 aromatic carbocycles. The molecule has 3 heterocycles. The van der Waals surface area contributed by atoms with Gasteiger partial charge in [0.05, 0.1) is 11.6 Å². The van der Waals surface area contributed by atoms with E-state index in [1.807, 2.05) is 13.0 Å². The summed E-state index contributed by atoms with van der Waals surface area (Å²) in [6, 6.07) is 5.03. The van der Waals surface area contributed by atoms with Crippen molar-refractivity contribution in [2.45, 2.75) is 32.5 Å². The minimum absolute atomic E-state index is 0.0294. The van der Waals surface area contributed by atoms with Crippen LogP contribution in [-0.4, -0.2) is 33.6 Å². The fourth-order valence-corrected chi connectivity index (χ4v) is 3.09. The molecular weight excluding hydrogens is 307 g/mol. The highest BCUT2D eigenvalue weighted by Gasteiger charge is 2.41. The highest BCUT2D eigenvalue weighted by molar-refractivity contribution is 5.46. The molecule has 0 spiro atoms. The van der Waals surface area contributed by atoms with Gasteiger partial charge >= 0.3 is 6.18 Å². The molecule has 1 fully saturated rings. The van der Waals surface area contributed by atoms with Crippen LogP contribution < -0.4 is 5.56 Å². The fraction of sp³-hybridized carbons (Fsp3) is 0.500. The van der Waals surface area contributed by atoms with Gasteiger partial charge in [0, 0.05) is 25.4 Å². The van der Waals surface area contributed by atoms with Crippen molar-refractivity contribution >= 4 is 5.65 Å². The number of fused-ring (bicyclic) bond motifs is 1. The third kappa shape index (κ3) is 3.39. The number of aryl methyl sites for hydroxylation is 1. The summed E-state index contributed by atoms with van der Waals surface area (Å²) < 4.78 is 40.1. The van der Waals surface area contributed by atoms with Crippen LogP contribution in [0.2, 0.25) is 0 Å². The second-order valence-corrected chi connectivity index (χ2v) is 6.09. The molecule has 0 bridgehead atoms. The van der Waals surface area contributed by atoms with Crippen LogP contribution in [0.4, 0.5) is 13.2 Å². The van der Waals surface area contributed by atoms with Crippen LogP contribution in [0.15, 0.2) is 29.2 Å². The first-order valence-electron chi connectivity index (χ1n) is 7.61. The van der Waals surface area contributed by atoms with Crippen molar-refractivity contribution in [3.8, 4) is 0 Å². The monoisotopic (exact) mass is 325 g/mol. The molecule has 7 heteroatoms. The summed E-state index contributed by atoms with van der Waals surface area (Å²) in [6.07, 6.45) is -1.84. The molecule has 3 rings (SSSR count). The van der Waals surface area contributed by atoms with Crippen molar-refractivity contribution < 1.29 is 13.2 Å². The van der Waals surface area contributed by atoms with Crippen LogP contribution in [0.5, 0.6) is 0 Å². The van der Waals surface area contributed by atoms with Gasteiger partial charge in [0.1, 0.15) is 5.65 Å². The SMILES string of the molecule is Cc1cccn2c(=O)cc(CN3CCC[C@@H](C(F)(F)F)C3)nc12. The quantitative estimate of drug-likeness (QED) is 0.852.